The number of ether oxygens (including phenoxy) is 1. The highest BCUT2D eigenvalue weighted by atomic mass is 35.5. The lowest BCUT2D eigenvalue weighted by molar-refractivity contribution is 0.0455. The van der Waals surface area contributed by atoms with E-state index in [4.69, 9.17) is 16.3 Å². The molecular weight excluding hydrogens is 596 g/mol. The normalized spacial score (nSPS) is 34.0. The molecule has 236 valence electrons. The Hall–Kier alpha value is -2.55. The topological polar surface area (TPSA) is 95.9 Å². The van der Waals surface area contributed by atoms with Gasteiger partial charge in [0, 0.05) is 29.1 Å². The van der Waals surface area contributed by atoms with E-state index in [9.17, 15) is 18.3 Å². The summed E-state index contributed by atoms with van der Waals surface area (Å²) in [6.07, 6.45) is 11.4. The zero-order valence-electron chi connectivity index (χ0n) is 25.4. The van der Waals surface area contributed by atoms with Gasteiger partial charge in [-0.1, -0.05) is 49.6 Å². The molecule has 2 fully saturated rings. The third kappa shape index (κ3) is 5.78. The van der Waals surface area contributed by atoms with E-state index in [0.29, 0.717) is 43.2 Å². The SMILES string of the molecule is CC1C/C=C\C(O)C2CCC2CN2C[C@@]3(CCCc4cc(Cl)ccc43)COc3ccc(cc32)C(=O)NS(=O)(=O)[C@H]1CC1CC1. The van der Waals surface area contributed by atoms with Crippen LogP contribution in [0.15, 0.2) is 48.6 Å². The van der Waals surface area contributed by atoms with Crippen molar-refractivity contribution in [3.63, 3.8) is 0 Å². The zero-order valence-corrected chi connectivity index (χ0v) is 27.0. The zero-order chi connectivity index (χ0) is 30.6. The molecule has 3 aliphatic carbocycles. The smallest absolute Gasteiger partial charge is 0.264 e. The summed E-state index contributed by atoms with van der Waals surface area (Å²) in [6.45, 7) is 3.87. The number of aliphatic hydroxyl groups excluding tert-OH is 1. The van der Waals surface area contributed by atoms with Crippen LogP contribution in [0.3, 0.4) is 0 Å². The van der Waals surface area contributed by atoms with Gasteiger partial charge in [0.05, 0.1) is 23.6 Å². The van der Waals surface area contributed by atoms with E-state index in [-0.39, 0.29) is 23.2 Å². The van der Waals surface area contributed by atoms with Gasteiger partial charge in [-0.3, -0.25) is 4.79 Å². The van der Waals surface area contributed by atoms with Crippen molar-refractivity contribution in [1.29, 1.82) is 0 Å². The maximum Gasteiger partial charge on any atom is 0.264 e. The minimum absolute atomic E-state index is 0.132. The predicted octanol–water partition coefficient (Wildman–Crippen LogP) is 6.02. The molecule has 2 N–H and O–H groups in total. The number of nitrogens with one attached hydrogen (secondary N) is 1. The number of hydrogen-bond donors (Lipinski definition) is 2. The number of anilines is 1. The van der Waals surface area contributed by atoms with E-state index >= 15 is 0 Å². The fourth-order valence-corrected chi connectivity index (χ4v) is 10.1. The number of amides is 1. The second-order valence-corrected chi connectivity index (χ2v) is 16.4. The van der Waals surface area contributed by atoms with Gasteiger partial charge in [0.15, 0.2) is 0 Å². The van der Waals surface area contributed by atoms with Crippen LogP contribution < -0.4 is 14.4 Å². The number of fused-ring (bicyclic) bond motifs is 4. The number of hydrogen-bond acceptors (Lipinski definition) is 6. The van der Waals surface area contributed by atoms with E-state index < -0.39 is 27.3 Å². The quantitative estimate of drug-likeness (QED) is 0.391. The third-order valence-electron chi connectivity index (χ3n) is 11.0. The molecule has 0 radical (unpaired) electrons. The average molecular weight is 639 g/mol. The average Bonchev–Trinajstić information content (AvgIpc) is 3.81. The van der Waals surface area contributed by atoms with E-state index in [2.05, 4.69) is 21.8 Å². The predicted molar refractivity (Wildman–Crippen MR) is 173 cm³/mol. The summed E-state index contributed by atoms with van der Waals surface area (Å²) in [5, 5.41) is 11.3. The van der Waals surface area contributed by atoms with Gasteiger partial charge in [-0.15, -0.1) is 0 Å². The largest absolute Gasteiger partial charge is 0.490 e. The van der Waals surface area contributed by atoms with Gasteiger partial charge in [-0.2, -0.15) is 0 Å². The lowest BCUT2D eigenvalue weighted by atomic mass is 9.68. The van der Waals surface area contributed by atoms with Crippen LogP contribution in [-0.2, 0) is 21.9 Å². The lowest BCUT2D eigenvalue weighted by Crippen LogP contribution is -2.49. The van der Waals surface area contributed by atoms with Crippen LogP contribution in [0.1, 0.15) is 79.8 Å². The van der Waals surface area contributed by atoms with E-state index in [0.717, 1.165) is 62.2 Å². The van der Waals surface area contributed by atoms with Gasteiger partial charge in [0.25, 0.3) is 5.91 Å². The molecule has 0 saturated heterocycles. The van der Waals surface area contributed by atoms with Crippen molar-refractivity contribution in [1.82, 2.24) is 4.72 Å². The Morgan fingerprint density at radius 3 is 2.75 bits per heavy atom. The first kappa shape index (κ1) is 30.1. The first-order chi connectivity index (χ1) is 21.1. The number of aliphatic hydroxyl groups is 1. The Morgan fingerprint density at radius 2 is 1.98 bits per heavy atom. The van der Waals surface area contributed by atoms with Crippen LogP contribution in [0, 0.1) is 23.7 Å². The van der Waals surface area contributed by atoms with Crippen LogP contribution in [0.5, 0.6) is 5.75 Å². The summed E-state index contributed by atoms with van der Waals surface area (Å²) >= 11 is 6.41. The molecule has 2 bridgehead atoms. The fourth-order valence-electron chi connectivity index (χ4n) is 8.15. The maximum absolute atomic E-state index is 13.7. The summed E-state index contributed by atoms with van der Waals surface area (Å²) in [6, 6.07) is 11.5. The standard InChI is InChI=1S/C35H43ClN2O5S/c1-22-4-2-6-31(39)28-12-9-26(28)19-38-20-35(15-3-5-24-17-27(36)11-13-29(24)35)21-43-32-14-10-25(18-30(32)38)34(40)37-44(41,42)33(22)16-23-7-8-23/h2,6,10-11,13-14,17-18,22-23,26,28,31,33,39H,3-5,7-9,12,15-16,19-21H2,1H3,(H,37,40)/b6-2-/t22?,26?,28?,31?,33-,35-/m0/s1. The molecule has 1 spiro atoms. The number of aryl methyl sites for hydroxylation is 1. The Bertz CT molecular complexity index is 1570. The Labute approximate surface area is 266 Å². The van der Waals surface area contributed by atoms with E-state index in [1.165, 1.54) is 11.1 Å². The van der Waals surface area contributed by atoms with Gasteiger partial charge < -0.3 is 14.7 Å². The van der Waals surface area contributed by atoms with Crippen molar-refractivity contribution in [2.24, 2.45) is 23.7 Å². The number of benzene rings is 2. The third-order valence-corrected chi connectivity index (χ3v) is 13.2. The molecule has 1 amide bonds. The Morgan fingerprint density at radius 1 is 1.14 bits per heavy atom. The summed E-state index contributed by atoms with van der Waals surface area (Å²) in [5.74, 6) is 0.716. The van der Waals surface area contributed by atoms with Crippen molar-refractivity contribution in [3.05, 3.63) is 70.3 Å². The maximum atomic E-state index is 13.7. The number of carbonyl (C=O) groups excluding carboxylic acids is 1. The lowest BCUT2D eigenvalue weighted by Gasteiger charge is -2.45. The summed E-state index contributed by atoms with van der Waals surface area (Å²) in [4.78, 5) is 15.9. The number of halogens is 1. The van der Waals surface area contributed by atoms with Crippen molar-refractivity contribution in [2.75, 3.05) is 24.6 Å². The molecule has 7 rings (SSSR count). The highest BCUT2D eigenvalue weighted by molar-refractivity contribution is 7.90. The second-order valence-electron chi connectivity index (χ2n) is 14.1. The van der Waals surface area contributed by atoms with Gasteiger partial charge >= 0.3 is 0 Å². The van der Waals surface area contributed by atoms with Gasteiger partial charge in [0.1, 0.15) is 5.75 Å². The Balaban J connectivity index is 1.28. The highest BCUT2D eigenvalue weighted by Crippen LogP contribution is 2.47. The van der Waals surface area contributed by atoms with Crippen LogP contribution >= 0.6 is 11.6 Å². The number of allylic oxidation sites excluding steroid dienone is 1. The molecule has 44 heavy (non-hydrogen) atoms. The van der Waals surface area contributed by atoms with Crippen molar-refractivity contribution >= 4 is 33.2 Å². The first-order valence-electron chi connectivity index (χ1n) is 16.3. The molecule has 2 aromatic carbocycles. The molecule has 6 atom stereocenters. The van der Waals surface area contributed by atoms with Crippen molar-refractivity contribution < 1.29 is 23.1 Å². The van der Waals surface area contributed by atoms with Crippen molar-refractivity contribution in [2.45, 2.75) is 81.5 Å². The number of nitrogens with zero attached hydrogens (tertiary/aromatic N) is 1. The molecule has 7 nitrogen and oxygen atoms in total. The molecule has 0 aromatic heterocycles. The van der Waals surface area contributed by atoms with Crippen LogP contribution in [0.25, 0.3) is 0 Å². The Kier molecular flexibility index (Phi) is 7.99. The molecular formula is C35H43ClN2O5S. The molecule has 2 aromatic rings. The highest BCUT2D eigenvalue weighted by Gasteiger charge is 2.44. The van der Waals surface area contributed by atoms with Gasteiger partial charge in [-0.05, 0) is 110 Å². The number of carbonyl (C=O) groups is 1. The van der Waals surface area contributed by atoms with Gasteiger partial charge in [0.2, 0.25) is 10.0 Å². The number of rotatable bonds is 2. The molecule has 5 aliphatic rings. The summed E-state index contributed by atoms with van der Waals surface area (Å²) in [5.41, 5.74) is 3.38. The molecule has 4 unspecified atom stereocenters. The minimum Gasteiger partial charge on any atom is -0.490 e. The minimum atomic E-state index is -3.93. The van der Waals surface area contributed by atoms with Crippen LogP contribution in [0.2, 0.25) is 5.02 Å². The monoisotopic (exact) mass is 638 g/mol. The second kappa shape index (κ2) is 11.7. The summed E-state index contributed by atoms with van der Waals surface area (Å²) in [7, 11) is -3.93. The van der Waals surface area contributed by atoms with Crippen LogP contribution in [0.4, 0.5) is 5.69 Å². The first-order valence-corrected chi connectivity index (χ1v) is 18.3. The van der Waals surface area contributed by atoms with E-state index in [1.807, 2.05) is 31.2 Å². The molecule has 2 aliphatic heterocycles. The van der Waals surface area contributed by atoms with E-state index in [1.54, 1.807) is 12.1 Å². The van der Waals surface area contributed by atoms with Crippen molar-refractivity contribution in [3.8, 4) is 5.75 Å². The fraction of sp³-hybridized carbons (Fsp3) is 0.571. The molecule has 2 heterocycles. The summed E-state index contributed by atoms with van der Waals surface area (Å²) < 4.78 is 36.4. The number of sulfonamides is 1. The molecule has 9 heteroatoms. The van der Waals surface area contributed by atoms with Crippen LogP contribution in [-0.4, -0.2) is 50.5 Å². The molecule has 2 saturated carbocycles. The van der Waals surface area contributed by atoms with Gasteiger partial charge in [-0.25, -0.2) is 13.1 Å².